The molecule has 0 aromatic heterocycles. The summed E-state index contributed by atoms with van der Waals surface area (Å²) < 4.78 is 0. The fraction of sp³-hybridized carbons (Fsp3) is 0.500. The van der Waals surface area contributed by atoms with Gasteiger partial charge in [-0.05, 0) is 31.6 Å². The molecule has 3 heteroatoms. The summed E-state index contributed by atoms with van der Waals surface area (Å²) >= 11 is 0. The number of fused-ring (bicyclic) bond motifs is 2. The molecule has 132 valence electrons. The number of rotatable bonds is 3. The van der Waals surface area contributed by atoms with E-state index in [4.69, 9.17) is 0 Å². The van der Waals surface area contributed by atoms with Crippen molar-refractivity contribution in [3.63, 3.8) is 0 Å². The third-order valence-corrected chi connectivity index (χ3v) is 6.71. The van der Waals surface area contributed by atoms with E-state index in [2.05, 4.69) is 6.58 Å². The number of benzene rings is 1. The summed E-state index contributed by atoms with van der Waals surface area (Å²) in [6.45, 7) is 11.5. The largest absolute Gasteiger partial charge is 0.299 e. The van der Waals surface area contributed by atoms with Gasteiger partial charge >= 0.3 is 0 Å². The molecular weight excluding hydrogens is 312 g/mol. The molecule has 1 aromatic carbocycles. The van der Waals surface area contributed by atoms with Crippen molar-refractivity contribution in [1.29, 1.82) is 0 Å². The molecule has 0 aliphatic heterocycles. The summed E-state index contributed by atoms with van der Waals surface area (Å²) in [5, 5.41) is 0. The van der Waals surface area contributed by atoms with Crippen LogP contribution in [0.1, 0.15) is 50.9 Å². The van der Waals surface area contributed by atoms with Crippen LogP contribution in [0.15, 0.2) is 42.5 Å². The van der Waals surface area contributed by atoms with Crippen molar-refractivity contribution in [2.45, 2.75) is 40.5 Å². The number of allylic oxidation sites excluding steroid dienone is 1. The van der Waals surface area contributed by atoms with Crippen LogP contribution in [0.5, 0.6) is 0 Å². The van der Waals surface area contributed by atoms with Crippen LogP contribution in [0, 0.1) is 28.6 Å². The quantitative estimate of drug-likeness (QED) is 0.470. The number of Topliss-reactive ketones (excluding diaryl/α,β-unsaturated/α-hetero) is 3. The topological polar surface area (TPSA) is 51.2 Å². The molecule has 0 heterocycles. The van der Waals surface area contributed by atoms with E-state index in [1.807, 2.05) is 26.8 Å². The molecule has 0 saturated heterocycles. The molecule has 2 aliphatic carbocycles. The lowest BCUT2D eigenvalue weighted by Gasteiger charge is -2.55. The molecule has 4 atom stereocenters. The average molecular weight is 338 g/mol. The fourth-order valence-corrected chi connectivity index (χ4v) is 5.25. The number of carbonyl (C=O) groups excluding carboxylic acids is 3. The smallest absolute Gasteiger partial charge is 0.177 e. The Labute approximate surface area is 149 Å². The van der Waals surface area contributed by atoms with E-state index in [1.54, 1.807) is 24.3 Å². The average Bonchev–Trinajstić information content (AvgIpc) is 2.58. The van der Waals surface area contributed by atoms with Gasteiger partial charge in [-0.1, -0.05) is 63.3 Å². The van der Waals surface area contributed by atoms with Crippen LogP contribution in [0.4, 0.5) is 0 Å². The molecule has 2 fully saturated rings. The van der Waals surface area contributed by atoms with Gasteiger partial charge in [0.2, 0.25) is 0 Å². The van der Waals surface area contributed by atoms with Gasteiger partial charge < -0.3 is 0 Å². The van der Waals surface area contributed by atoms with E-state index in [-0.39, 0.29) is 35.1 Å². The lowest BCUT2D eigenvalue weighted by Crippen LogP contribution is -2.59. The first-order chi connectivity index (χ1) is 11.6. The van der Waals surface area contributed by atoms with Crippen molar-refractivity contribution in [2.24, 2.45) is 28.6 Å². The van der Waals surface area contributed by atoms with Gasteiger partial charge in [0.1, 0.15) is 11.6 Å². The summed E-state index contributed by atoms with van der Waals surface area (Å²) in [4.78, 5) is 39.3. The molecule has 0 amide bonds. The molecule has 1 aromatic rings. The van der Waals surface area contributed by atoms with Crippen LogP contribution in [0.25, 0.3) is 0 Å². The van der Waals surface area contributed by atoms with E-state index in [0.717, 1.165) is 5.57 Å². The molecule has 25 heavy (non-hydrogen) atoms. The Morgan fingerprint density at radius 3 is 2.32 bits per heavy atom. The third kappa shape index (κ3) is 2.36. The summed E-state index contributed by atoms with van der Waals surface area (Å²) in [6.07, 6.45) is 1.03. The monoisotopic (exact) mass is 338 g/mol. The first-order valence-corrected chi connectivity index (χ1v) is 8.97. The number of hydrogen-bond acceptors (Lipinski definition) is 3. The van der Waals surface area contributed by atoms with E-state index in [0.29, 0.717) is 18.4 Å². The standard InChI is InChI=1S/C22H26O3/c1-13-12-22(15(3)23,20(25)16-9-7-6-8-10-16)18-11-17(13)21(4,5)19(24)14(18)2/h6-10,14,17-18H,1,11-12H2,2-5H3/t14-,17-,18-,22+/m0/s1. The molecule has 3 rings (SSSR count). The van der Waals surface area contributed by atoms with Gasteiger partial charge in [0.25, 0.3) is 0 Å². The highest BCUT2D eigenvalue weighted by atomic mass is 16.2. The molecule has 2 saturated carbocycles. The van der Waals surface area contributed by atoms with Gasteiger partial charge in [0.05, 0.1) is 5.41 Å². The Morgan fingerprint density at radius 1 is 1.16 bits per heavy atom. The van der Waals surface area contributed by atoms with E-state index in [9.17, 15) is 14.4 Å². The maximum absolute atomic E-state index is 13.4. The maximum Gasteiger partial charge on any atom is 0.177 e. The van der Waals surface area contributed by atoms with Crippen LogP contribution in [-0.2, 0) is 9.59 Å². The van der Waals surface area contributed by atoms with Crippen molar-refractivity contribution in [1.82, 2.24) is 0 Å². The van der Waals surface area contributed by atoms with Crippen LogP contribution in [0.3, 0.4) is 0 Å². The first kappa shape index (κ1) is 17.8. The third-order valence-electron chi connectivity index (χ3n) is 6.71. The molecule has 0 radical (unpaired) electrons. The van der Waals surface area contributed by atoms with Crippen molar-refractivity contribution >= 4 is 17.3 Å². The molecule has 2 aliphatic rings. The van der Waals surface area contributed by atoms with Crippen LogP contribution >= 0.6 is 0 Å². The SMILES string of the molecule is C=C1C[C@](C(C)=O)(C(=O)c2ccccc2)[C@H]2C[C@@H]1C(C)(C)C(=O)[C@H]2C. The Hall–Kier alpha value is -2.03. The number of hydrogen-bond donors (Lipinski definition) is 0. The Morgan fingerprint density at radius 2 is 1.76 bits per heavy atom. The number of carbonyl (C=O) groups is 3. The summed E-state index contributed by atoms with van der Waals surface area (Å²) in [6, 6.07) is 8.96. The van der Waals surface area contributed by atoms with Gasteiger partial charge in [-0.2, -0.15) is 0 Å². The van der Waals surface area contributed by atoms with E-state index in [1.165, 1.54) is 6.92 Å². The van der Waals surface area contributed by atoms with Crippen LogP contribution in [0.2, 0.25) is 0 Å². The van der Waals surface area contributed by atoms with Crippen LogP contribution < -0.4 is 0 Å². The highest BCUT2D eigenvalue weighted by molar-refractivity contribution is 6.15. The summed E-state index contributed by atoms with van der Waals surface area (Å²) in [5.41, 5.74) is -0.249. The summed E-state index contributed by atoms with van der Waals surface area (Å²) in [5.74, 6) is -0.696. The van der Waals surface area contributed by atoms with Crippen molar-refractivity contribution in [3.05, 3.63) is 48.0 Å². The predicted molar refractivity (Wildman–Crippen MR) is 97.2 cm³/mol. The maximum atomic E-state index is 13.4. The lowest BCUT2D eigenvalue weighted by atomic mass is 9.45. The zero-order chi connectivity index (χ0) is 18.6. The van der Waals surface area contributed by atoms with E-state index >= 15 is 0 Å². The minimum atomic E-state index is -1.17. The Kier molecular flexibility index (Phi) is 4.09. The molecule has 0 unspecified atom stereocenters. The highest BCUT2D eigenvalue weighted by Gasteiger charge is 2.62. The van der Waals surface area contributed by atoms with Gasteiger partial charge in [-0.3, -0.25) is 14.4 Å². The normalized spacial score (nSPS) is 33.8. The van der Waals surface area contributed by atoms with Crippen LogP contribution in [-0.4, -0.2) is 17.3 Å². The van der Waals surface area contributed by atoms with Gasteiger partial charge in [0.15, 0.2) is 5.78 Å². The second-order valence-corrected chi connectivity index (χ2v) is 8.33. The lowest BCUT2D eigenvalue weighted by molar-refractivity contribution is -0.148. The second-order valence-electron chi connectivity index (χ2n) is 8.33. The molecule has 3 nitrogen and oxygen atoms in total. The van der Waals surface area contributed by atoms with Crippen molar-refractivity contribution in [2.75, 3.05) is 0 Å². The highest BCUT2D eigenvalue weighted by Crippen LogP contribution is 2.59. The zero-order valence-electron chi connectivity index (χ0n) is 15.5. The van der Waals surface area contributed by atoms with E-state index < -0.39 is 10.8 Å². The molecule has 0 spiro atoms. The van der Waals surface area contributed by atoms with Gasteiger partial charge in [0, 0.05) is 16.9 Å². The summed E-state index contributed by atoms with van der Waals surface area (Å²) in [7, 11) is 0. The van der Waals surface area contributed by atoms with Gasteiger partial charge in [-0.15, -0.1) is 0 Å². The molecular formula is C22H26O3. The Balaban J connectivity index is 2.15. The minimum absolute atomic E-state index is 0.0391. The Bertz CT molecular complexity index is 759. The van der Waals surface area contributed by atoms with Crippen molar-refractivity contribution in [3.8, 4) is 0 Å². The zero-order valence-corrected chi connectivity index (χ0v) is 15.5. The van der Waals surface area contributed by atoms with Crippen molar-refractivity contribution < 1.29 is 14.4 Å². The first-order valence-electron chi connectivity index (χ1n) is 8.97. The molecule has 2 bridgehead atoms. The fourth-order valence-electron chi connectivity index (χ4n) is 5.25. The molecule has 0 N–H and O–H groups in total. The second kappa shape index (κ2) is 5.76. The minimum Gasteiger partial charge on any atom is -0.299 e. The number of ketones is 3. The van der Waals surface area contributed by atoms with Gasteiger partial charge in [-0.25, -0.2) is 0 Å². The predicted octanol–water partition coefficient (Wildman–Crippen LogP) is 4.27.